The lowest BCUT2D eigenvalue weighted by molar-refractivity contribution is 0.131. The highest BCUT2D eigenvalue weighted by atomic mass is 35.5. The Bertz CT molecular complexity index is 391. The second-order valence-corrected chi connectivity index (χ2v) is 5.54. The van der Waals surface area contributed by atoms with Crippen LogP contribution < -0.4 is 5.73 Å². The Morgan fingerprint density at radius 3 is 2.94 bits per heavy atom. The van der Waals surface area contributed by atoms with E-state index in [1.54, 1.807) is 12.1 Å². The third-order valence-electron chi connectivity index (χ3n) is 3.69. The molecule has 1 heterocycles. The van der Waals surface area contributed by atoms with E-state index in [1.807, 2.05) is 0 Å². The third-order valence-corrected chi connectivity index (χ3v) is 4.01. The number of rotatable bonds is 3. The van der Waals surface area contributed by atoms with E-state index in [9.17, 15) is 4.39 Å². The number of nitrogens with two attached hydrogens (primary N) is 1. The summed E-state index contributed by atoms with van der Waals surface area (Å²) in [5.41, 5.74) is 6.40. The van der Waals surface area contributed by atoms with Gasteiger partial charge in [0.15, 0.2) is 0 Å². The van der Waals surface area contributed by atoms with Crippen LogP contribution in [0.5, 0.6) is 0 Å². The van der Waals surface area contributed by atoms with Crippen LogP contribution in [0.15, 0.2) is 18.2 Å². The van der Waals surface area contributed by atoms with Crippen LogP contribution in [0.4, 0.5) is 4.39 Å². The van der Waals surface area contributed by atoms with Gasteiger partial charge in [-0.15, -0.1) is 0 Å². The van der Waals surface area contributed by atoms with Crippen molar-refractivity contribution >= 4 is 11.6 Å². The molecular formula is C14H20ClFN2. The van der Waals surface area contributed by atoms with E-state index < -0.39 is 0 Å². The van der Waals surface area contributed by atoms with Gasteiger partial charge in [0, 0.05) is 23.7 Å². The van der Waals surface area contributed by atoms with Gasteiger partial charge >= 0.3 is 0 Å². The number of likely N-dealkylation sites (tertiary alicyclic amines) is 1. The zero-order valence-corrected chi connectivity index (χ0v) is 11.5. The van der Waals surface area contributed by atoms with E-state index in [1.165, 1.54) is 12.5 Å². The number of nitrogens with zero attached hydrogens (tertiary/aromatic N) is 1. The number of hydrogen-bond acceptors (Lipinski definition) is 2. The Morgan fingerprint density at radius 2 is 2.33 bits per heavy atom. The number of hydrogen-bond donors (Lipinski definition) is 1. The molecule has 1 aliphatic heterocycles. The van der Waals surface area contributed by atoms with E-state index in [-0.39, 0.29) is 11.9 Å². The molecule has 1 fully saturated rings. The van der Waals surface area contributed by atoms with Crippen LogP contribution in [0.3, 0.4) is 0 Å². The number of benzene rings is 1. The molecule has 2 atom stereocenters. The highest BCUT2D eigenvalue weighted by molar-refractivity contribution is 6.31. The molecule has 4 heteroatoms. The molecule has 2 N–H and O–H groups in total. The van der Waals surface area contributed by atoms with Crippen molar-refractivity contribution in [3.8, 4) is 0 Å². The molecule has 0 saturated carbocycles. The SMILES string of the molecule is CC1CCCN(C(CN)c2c(F)cccc2Cl)C1. The highest BCUT2D eigenvalue weighted by Crippen LogP contribution is 2.32. The van der Waals surface area contributed by atoms with Crippen molar-refractivity contribution < 1.29 is 4.39 Å². The van der Waals surface area contributed by atoms with Gasteiger partial charge in [0.1, 0.15) is 5.82 Å². The van der Waals surface area contributed by atoms with Crippen LogP contribution in [0, 0.1) is 11.7 Å². The second-order valence-electron chi connectivity index (χ2n) is 5.13. The van der Waals surface area contributed by atoms with Crippen molar-refractivity contribution in [2.75, 3.05) is 19.6 Å². The van der Waals surface area contributed by atoms with Gasteiger partial charge in [0.25, 0.3) is 0 Å². The summed E-state index contributed by atoms with van der Waals surface area (Å²) in [6.45, 7) is 4.56. The smallest absolute Gasteiger partial charge is 0.129 e. The molecule has 1 aromatic carbocycles. The van der Waals surface area contributed by atoms with Gasteiger partial charge in [0.05, 0.1) is 6.04 Å². The van der Waals surface area contributed by atoms with Gasteiger partial charge in [-0.05, 0) is 37.4 Å². The second kappa shape index (κ2) is 6.00. The maximum absolute atomic E-state index is 14.0. The molecule has 0 amide bonds. The van der Waals surface area contributed by atoms with Crippen LogP contribution in [-0.2, 0) is 0 Å². The molecular weight excluding hydrogens is 251 g/mol. The maximum Gasteiger partial charge on any atom is 0.129 e. The van der Waals surface area contributed by atoms with Gasteiger partial charge in [-0.2, -0.15) is 0 Å². The Labute approximate surface area is 113 Å². The van der Waals surface area contributed by atoms with E-state index in [0.29, 0.717) is 23.0 Å². The summed E-state index contributed by atoms with van der Waals surface area (Å²) in [6.07, 6.45) is 2.38. The quantitative estimate of drug-likeness (QED) is 0.914. The van der Waals surface area contributed by atoms with E-state index in [0.717, 1.165) is 19.5 Å². The summed E-state index contributed by atoms with van der Waals surface area (Å²) in [4.78, 5) is 2.26. The van der Waals surface area contributed by atoms with E-state index in [4.69, 9.17) is 17.3 Å². The van der Waals surface area contributed by atoms with Crippen LogP contribution in [0.25, 0.3) is 0 Å². The van der Waals surface area contributed by atoms with Crippen LogP contribution >= 0.6 is 11.6 Å². The lowest BCUT2D eigenvalue weighted by atomic mass is 9.96. The zero-order valence-electron chi connectivity index (χ0n) is 10.7. The van der Waals surface area contributed by atoms with Crippen LogP contribution in [-0.4, -0.2) is 24.5 Å². The first kappa shape index (κ1) is 13.8. The van der Waals surface area contributed by atoms with E-state index >= 15 is 0 Å². The molecule has 0 spiro atoms. The molecule has 0 aliphatic carbocycles. The molecule has 100 valence electrons. The van der Waals surface area contributed by atoms with Gasteiger partial charge in [-0.3, -0.25) is 4.90 Å². The summed E-state index contributed by atoms with van der Waals surface area (Å²) in [5.74, 6) is 0.384. The van der Waals surface area contributed by atoms with Gasteiger partial charge in [-0.1, -0.05) is 24.6 Å². The molecule has 1 saturated heterocycles. The molecule has 0 bridgehead atoms. The Hall–Kier alpha value is -0.640. The van der Waals surface area contributed by atoms with Crippen LogP contribution in [0.1, 0.15) is 31.4 Å². The number of piperidine rings is 1. The first-order chi connectivity index (χ1) is 8.63. The van der Waals surface area contributed by atoms with Gasteiger partial charge < -0.3 is 5.73 Å². The molecule has 0 aromatic heterocycles. The minimum absolute atomic E-state index is 0.110. The maximum atomic E-state index is 14.0. The Morgan fingerprint density at radius 1 is 1.56 bits per heavy atom. The molecule has 1 aromatic rings. The lowest BCUT2D eigenvalue weighted by Gasteiger charge is -2.37. The first-order valence-electron chi connectivity index (χ1n) is 6.51. The molecule has 0 radical (unpaired) electrons. The Balaban J connectivity index is 2.27. The minimum Gasteiger partial charge on any atom is -0.329 e. The fraction of sp³-hybridized carbons (Fsp3) is 0.571. The normalized spacial score (nSPS) is 23.0. The molecule has 1 aliphatic rings. The topological polar surface area (TPSA) is 29.3 Å². The van der Waals surface area contributed by atoms with Crippen molar-refractivity contribution in [2.24, 2.45) is 11.7 Å². The third kappa shape index (κ3) is 2.85. The number of halogens is 2. The predicted molar refractivity (Wildman–Crippen MR) is 73.2 cm³/mol. The predicted octanol–water partition coefficient (Wildman–Crippen LogP) is 3.21. The molecule has 2 nitrogen and oxygen atoms in total. The van der Waals surface area contributed by atoms with E-state index in [2.05, 4.69) is 11.8 Å². The van der Waals surface area contributed by atoms with Crippen molar-refractivity contribution in [2.45, 2.75) is 25.8 Å². The molecule has 2 unspecified atom stereocenters. The molecule has 2 rings (SSSR count). The summed E-state index contributed by atoms with van der Waals surface area (Å²) >= 11 is 6.14. The largest absolute Gasteiger partial charge is 0.329 e. The van der Waals surface area contributed by atoms with Crippen molar-refractivity contribution in [3.05, 3.63) is 34.6 Å². The summed E-state index contributed by atoms with van der Waals surface area (Å²) < 4.78 is 14.0. The summed E-state index contributed by atoms with van der Waals surface area (Å²) in [7, 11) is 0. The van der Waals surface area contributed by atoms with Gasteiger partial charge in [-0.25, -0.2) is 4.39 Å². The fourth-order valence-corrected chi connectivity index (χ4v) is 3.08. The summed E-state index contributed by atoms with van der Waals surface area (Å²) in [6, 6.07) is 4.71. The lowest BCUT2D eigenvalue weighted by Crippen LogP contribution is -2.40. The van der Waals surface area contributed by atoms with Crippen molar-refractivity contribution in [1.82, 2.24) is 4.90 Å². The first-order valence-corrected chi connectivity index (χ1v) is 6.89. The standard InChI is InChI=1S/C14H20ClFN2/c1-10-4-3-7-18(9-10)13(8-17)14-11(15)5-2-6-12(14)16/h2,5-6,10,13H,3-4,7-9,17H2,1H3. The fourth-order valence-electron chi connectivity index (χ4n) is 2.79. The monoisotopic (exact) mass is 270 g/mol. The van der Waals surface area contributed by atoms with Crippen LogP contribution in [0.2, 0.25) is 5.02 Å². The average molecular weight is 271 g/mol. The highest BCUT2D eigenvalue weighted by Gasteiger charge is 2.27. The Kier molecular flexibility index (Phi) is 4.60. The van der Waals surface area contributed by atoms with Crippen molar-refractivity contribution in [3.63, 3.8) is 0 Å². The average Bonchev–Trinajstić information content (AvgIpc) is 2.34. The van der Waals surface area contributed by atoms with Crippen molar-refractivity contribution in [1.29, 1.82) is 0 Å². The summed E-state index contributed by atoms with van der Waals surface area (Å²) in [5, 5.41) is 0.476. The van der Waals surface area contributed by atoms with Gasteiger partial charge in [0.2, 0.25) is 0 Å². The molecule has 18 heavy (non-hydrogen) atoms. The minimum atomic E-state index is -0.254. The zero-order chi connectivity index (χ0) is 13.1.